The molecule has 0 aromatic heterocycles. The SMILES string of the molecule is CC1(C)CC(=O)c2cc(NS(=O)(=O)C3CC3)ccc2O1. The van der Waals surface area contributed by atoms with Crippen molar-refractivity contribution in [2.75, 3.05) is 4.72 Å². The van der Waals surface area contributed by atoms with Crippen LogP contribution in [0, 0.1) is 0 Å². The second kappa shape index (κ2) is 4.22. The van der Waals surface area contributed by atoms with Gasteiger partial charge in [-0.05, 0) is 44.9 Å². The van der Waals surface area contributed by atoms with Crippen LogP contribution in [0.3, 0.4) is 0 Å². The summed E-state index contributed by atoms with van der Waals surface area (Å²) in [5.74, 6) is 0.490. The monoisotopic (exact) mass is 295 g/mol. The quantitative estimate of drug-likeness (QED) is 0.929. The van der Waals surface area contributed by atoms with Crippen LogP contribution in [0.5, 0.6) is 5.75 Å². The average molecular weight is 295 g/mol. The average Bonchev–Trinajstić information content (AvgIpc) is 3.12. The Morgan fingerprint density at radius 2 is 2.00 bits per heavy atom. The number of anilines is 1. The van der Waals surface area contributed by atoms with Gasteiger partial charge in [-0.3, -0.25) is 9.52 Å². The highest BCUT2D eigenvalue weighted by atomic mass is 32.2. The Bertz CT molecular complexity index is 674. The van der Waals surface area contributed by atoms with E-state index in [1.54, 1.807) is 18.2 Å². The molecule has 0 radical (unpaired) electrons. The van der Waals surface area contributed by atoms with Gasteiger partial charge in [0, 0.05) is 5.69 Å². The molecule has 1 aromatic carbocycles. The van der Waals surface area contributed by atoms with Crippen LogP contribution in [0.1, 0.15) is 43.5 Å². The lowest BCUT2D eigenvalue weighted by Crippen LogP contribution is -2.35. The number of carbonyl (C=O) groups is 1. The normalized spacial score (nSPS) is 21.0. The van der Waals surface area contributed by atoms with Gasteiger partial charge in [0.05, 0.1) is 17.2 Å². The largest absolute Gasteiger partial charge is 0.487 e. The fraction of sp³-hybridized carbons (Fsp3) is 0.500. The Labute approximate surface area is 118 Å². The summed E-state index contributed by atoms with van der Waals surface area (Å²) in [5.41, 5.74) is 0.353. The molecular weight excluding hydrogens is 278 g/mol. The van der Waals surface area contributed by atoms with Gasteiger partial charge in [0.15, 0.2) is 5.78 Å². The molecule has 5 nitrogen and oxygen atoms in total. The van der Waals surface area contributed by atoms with Crippen molar-refractivity contribution in [2.45, 2.75) is 44.0 Å². The molecule has 1 fully saturated rings. The Hall–Kier alpha value is -1.56. The van der Waals surface area contributed by atoms with Crippen molar-refractivity contribution in [1.29, 1.82) is 0 Å². The molecule has 1 N–H and O–H groups in total. The molecule has 20 heavy (non-hydrogen) atoms. The lowest BCUT2D eigenvalue weighted by molar-refractivity contribution is 0.0620. The number of carbonyl (C=O) groups excluding carboxylic acids is 1. The summed E-state index contributed by atoms with van der Waals surface area (Å²) in [4.78, 5) is 12.1. The van der Waals surface area contributed by atoms with E-state index in [0.717, 1.165) is 0 Å². The molecule has 1 aliphatic carbocycles. The molecule has 0 spiro atoms. The molecule has 1 aromatic rings. The maximum Gasteiger partial charge on any atom is 0.235 e. The van der Waals surface area contributed by atoms with Crippen LogP contribution >= 0.6 is 0 Å². The number of ether oxygens (including phenoxy) is 1. The molecule has 0 amide bonds. The van der Waals surface area contributed by atoms with Crippen molar-refractivity contribution < 1.29 is 17.9 Å². The first-order valence-corrected chi connectivity index (χ1v) is 8.19. The van der Waals surface area contributed by atoms with Crippen molar-refractivity contribution in [3.63, 3.8) is 0 Å². The van der Waals surface area contributed by atoms with Crippen LogP contribution in [0.15, 0.2) is 18.2 Å². The van der Waals surface area contributed by atoms with Gasteiger partial charge in [0.2, 0.25) is 10.0 Å². The number of benzene rings is 1. The minimum atomic E-state index is -3.31. The highest BCUT2D eigenvalue weighted by molar-refractivity contribution is 7.93. The fourth-order valence-corrected chi connectivity index (χ4v) is 3.72. The third-order valence-corrected chi connectivity index (χ3v) is 5.35. The van der Waals surface area contributed by atoms with Crippen molar-refractivity contribution in [3.8, 4) is 5.75 Å². The number of ketones is 1. The van der Waals surface area contributed by atoms with Gasteiger partial charge in [-0.25, -0.2) is 8.42 Å². The van der Waals surface area contributed by atoms with E-state index in [4.69, 9.17) is 4.74 Å². The van der Waals surface area contributed by atoms with E-state index in [0.29, 0.717) is 36.3 Å². The summed E-state index contributed by atoms with van der Waals surface area (Å²) in [6.45, 7) is 3.72. The molecule has 0 bridgehead atoms. The molecule has 0 unspecified atom stereocenters. The standard InChI is InChI=1S/C14H17NO4S/c1-14(2)8-12(16)11-7-9(3-6-13(11)19-14)15-20(17,18)10-4-5-10/h3,6-7,10,15H,4-5,8H2,1-2H3. The van der Waals surface area contributed by atoms with E-state index in [1.807, 2.05) is 13.8 Å². The minimum Gasteiger partial charge on any atom is -0.487 e. The summed E-state index contributed by atoms with van der Waals surface area (Å²) in [5, 5.41) is -0.288. The van der Waals surface area contributed by atoms with Crippen LogP contribution in [-0.4, -0.2) is 25.1 Å². The molecule has 3 rings (SSSR count). The van der Waals surface area contributed by atoms with Crippen LogP contribution < -0.4 is 9.46 Å². The molecule has 0 saturated heterocycles. The predicted molar refractivity (Wildman–Crippen MR) is 75.7 cm³/mol. The topological polar surface area (TPSA) is 72.5 Å². The van der Waals surface area contributed by atoms with E-state index >= 15 is 0 Å². The van der Waals surface area contributed by atoms with Crippen molar-refractivity contribution in [3.05, 3.63) is 23.8 Å². The zero-order valence-corrected chi connectivity index (χ0v) is 12.3. The maximum absolute atomic E-state index is 12.1. The molecule has 1 heterocycles. The number of hydrogen-bond donors (Lipinski definition) is 1. The molecule has 1 aliphatic heterocycles. The Morgan fingerprint density at radius 1 is 1.30 bits per heavy atom. The summed E-state index contributed by atoms with van der Waals surface area (Å²) in [7, 11) is -3.31. The summed E-state index contributed by atoms with van der Waals surface area (Å²) < 4.78 is 32.0. The predicted octanol–water partition coefficient (Wildman–Crippen LogP) is 2.33. The molecule has 1 saturated carbocycles. The lowest BCUT2D eigenvalue weighted by atomic mass is 9.93. The van der Waals surface area contributed by atoms with E-state index < -0.39 is 15.6 Å². The van der Waals surface area contributed by atoms with E-state index in [1.165, 1.54) is 0 Å². The van der Waals surface area contributed by atoms with Gasteiger partial charge >= 0.3 is 0 Å². The van der Waals surface area contributed by atoms with Gasteiger partial charge in [-0.1, -0.05) is 0 Å². The van der Waals surface area contributed by atoms with E-state index in [9.17, 15) is 13.2 Å². The molecule has 2 aliphatic rings. The molecular formula is C14H17NO4S. The first-order chi connectivity index (χ1) is 9.27. The van der Waals surface area contributed by atoms with Crippen molar-refractivity contribution in [2.24, 2.45) is 0 Å². The second-order valence-electron chi connectivity index (χ2n) is 6.02. The number of hydrogen-bond acceptors (Lipinski definition) is 4. The van der Waals surface area contributed by atoms with Gasteiger partial charge in [0.1, 0.15) is 11.4 Å². The van der Waals surface area contributed by atoms with Crippen molar-refractivity contribution in [1.82, 2.24) is 0 Å². The van der Waals surface area contributed by atoms with Crippen molar-refractivity contribution >= 4 is 21.5 Å². The Morgan fingerprint density at radius 3 is 2.65 bits per heavy atom. The number of nitrogens with one attached hydrogen (secondary N) is 1. The zero-order valence-electron chi connectivity index (χ0n) is 11.5. The molecule has 0 atom stereocenters. The smallest absolute Gasteiger partial charge is 0.235 e. The number of rotatable bonds is 3. The highest BCUT2D eigenvalue weighted by Crippen LogP contribution is 2.36. The van der Waals surface area contributed by atoms with Gasteiger partial charge in [0.25, 0.3) is 0 Å². The summed E-state index contributed by atoms with van der Waals surface area (Å²) in [6, 6.07) is 4.85. The van der Waals surface area contributed by atoms with Gasteiger partial charge in [-0.2, -0.15) is 0 Å². The molecule has 108 valence electrons. The summed E-state index contributed by atoms with van der Waals surface area (Å²) >= 11 is 0. The van der Waals surface area contributed by atoms with Crippen LogP contribution in [0.4, 0.5) is 5.69 Å². The summed E-state index contributed by atoms with van der Waals surface area (Å²) in [6.07, 6.45) is 1.70. The number of sulfonamides is 1. The Balaban J connectivity index is 1.90. The van der Waals surface area contributed by atoms with E-state index in [-0.39, 0.29) is 11.0 Å². The Kier molecular flexibility index (Phi) is 2.83. The lowest BCUT2D eigenvalue weighted by Gasteiger charge is -2.31. The second-order valence-corrected chi connectivity index (χ2v) is 7.98. The van der Waals surface area contributed by atoms with Gasteiger partial charge < -0.3 is 4.74 Å². The molecule has 6 heteroatoms. The van der Waals surface area contributed by atoms with E-state index in [2.05, 4.69) is 4.72 Å². The third-order valence-electron chi connectivity index (χ3n) is 3.48. The zero-order chi connectivity index (χ0) is 14.5. The number of Topliss-reactive ketones (excluding diaryl/α,β-unsaturated/α-hetero) is 1. The van der Waals surface area contributed by atoms with Crippen LogP contribution in [-0.2, 0) is 10.0 Å². The fourth-order valence-electron chi connectivity index (χ4n) is 2.34. The van der Waals surface area contributed by atoms with Gasteiger partial charge in [-0.15, -0.1) is 0 Å². The third kappa shape index (κ3) is 2.52. The number of fused-ring (bicyclic) bond motifs is 1. The van der Waals surface area contributed by atoms with Crippen LogP contribution in [0.2, 0.25) is 0 Å². The highest BCUT2D eigenvalue weighted by Gasteiger charge is 2.36. The maximum atomic E-state index is 12.1. The first-order valence-electron chi connectivity index (χ1n) is 6.65. The minimum absolute atomic E-state index is 0.0243. The van der Waals surface area contributed by atoms with Crippen LogP contribution in [0.25, 0.3) is 0 Å². The first kappa shape index (κ1) is 13.4.